The molecular weight excluding hydrogens is 242 g/mol. The standard InChI is InChI=1S/C16H18ClN/c1-10-4-5-11(2)15(8-10)16(18)14-7-6-13(17)9-12(14)3/h4-9,16H,18H2,1-3H3. The first kappa shape index (κ1) is 13.1. The van der Waals surface area contributed by atoms with Crippen molar-refractivity contribution in [3.05, 3.63) is 69.2 Å². The Kier molecular flexibility index (Phi) is 3.74. The highest BCUT2D eigenvalue weighted by Gasteiger charge is 2.13. The molecule has 0 saturated carbocycles. The van der Waals surface area contributed by atoms with Crippen molar-refractivity contribution < 1.29 is 0 Å². The molecule has 94 valence electrons. The van der Waals surface area contributed by atoms with Gasteiger partial charge in [-0.15, -0.1) is 0 Å². The van der Waals surface area contributed by atoms with Gasteiger partial charge in [0, 0.05) is 5.02 Å². The van der Waals surface area contributed by atoms with Gasteiger partial charge in [0.25, 0.3) is 0 Å². The van der Waals surface area contributed by atoms with E-state index in [2.05, 4.69) is 32.0 Å². The quantitative estimate of drug-likeness (QED) is 0.854. The van der Waals surface area contributed by atoms with Crippen molar-refractivity contribution in [3.8, 4) is 0 Å². The molecule has 2 heteroatoms. The maximum absolute atomic E-state index is 6.39. The van der Waals surface area contributed by atoms with Gasteiger partial charge in [0.1, 0.15) is 0 Å². The average molecular weight is 260 g/mol. The fourth-order valence-electron chi connectivity index (χ4n) is 2.25. The molecule has 18 heavy (non-hydrogen) atoms. The van der Waals surface area contributed by atoms with Crippen LogP contribution in [0.15, 0.2) is 36.4 Å². The first-order chi connectivity index (χ1) is 8.49. The zero-order valence-corrected chi connectivity index (χ0v) is 11.8. The molecule has 0 aliphatic carbocycles. The lowest BCUT2D eigenvalue weighted by molar-refractivity contribution is 0.851. The molecule has 2 rings (SSSR count). The van der Waals surface area contributed by atoms with Gasteiger partial charge in [-0.25, -0.2) is 0 Å². The fraction of sp³-hybridized carbons (Fsp3) is 0.250. The molecule has 0 radical (unpaired) electrons. The first-order valence-corrected chi connectivity index (χ1v) is 6.45. The van der Waals surface area contributed by atoms with Crippen LogP contribution in [0, 0.1) is 20.8 Å². The maximum Gasteiger partial charge on any atom is 0.0556 e. The van der Waals surface area contributed by atoms with E-state index in [9.17, 15) is 0 Å². The van der Waals surface area contributed by atoms with Crippen molar-refractivity contribution >= 4 is 11.6 Å². The van der Waals surface area contributed by atoms with Crippen molar-refractivity contribution in [2.75, 3.05) is 0 Å². The zero-order valence-electron chi connectivity index (χ0n) is 11.0. The predicted molar refractivity (Wildman–Crippen MR) is 78.1 cm³/mol. The summed E-state index contributed by atoms with van der Waals surface area (Å²) in [5, 5.41) is 0.754. The van der Waals surface area contributed by atoms with Crippen molar-refractivity contribution in [1.82, 2.24) is 0 Å². The molecule has 1 nitrogen and oxygen atoms in total. The third kappa shape index (κ3) is 2.58. The molecule has 0 aromatic heterocycles. The lowest BCUT2D eigenvalue weighted by Crippen LogP contribution is -2.14. The minimum Gasteiger partial charge on any atom is -0.320 e. The van der Waals surface area contributed by atoms with Crippen molar-refractivity contribution in [2.45, 2.75) is 26.8 Å². The molecule has 0 bridgehead atoms. The second-order valence-electron chi connectivity index (χ2n) is 4.84. The van der Waals surface area contributed by atoms with Crippen LogP contribution in [0.5, 0.6) is 0 Å². The number of hydrogen-bond donors (Lipinski definition) is 1. The van der Waals surface area contributed by atoms with Crippen molar-refractivity contribution in [1.29, 1.82) is 0 Å². The van der Waals surface area contributed by atoms with Gasteiger partial charge in [-0.3, -0.25) is 0 Å². The normalized spacial score (nSPS) is 12.5. The molecule has 0 heterocycles. The molecular formula is C16H18ClN. The minimum atomic E-state index is -0.0952. The van der Waals surface area contributed by atoms with Crippen LogP contribution in [0.25, 0.3) is 0 Å². The summed E-state index contributed by atoms with van der Waals surface area (Å²) >= 11 is 5.98. The van der Waals surface area contributed by atoms with Gasteiger partial charge >= 0.3 is 0 Å². The van der Waals surface area contributed by atoms with Gasteiger partial charge in [-0.1, -0.05) is 41.4 Å². The number of halogens is 1. The van der Waals surface area contributed by atoms with Crippen molar-refractivity contribution in [2.24, 2.45) is 5.73 Å². The summed E-state index contributed by atoms with van der Waals surface area (Å²) in [7, 11) is 0. The summed E-state index contributed by atoms with van der Waals surface area (Å²) in [6.45, 7) is 6.23. The number of nitrogens with two attached hydrogens (primary N) is 1. The van der Waals surface area contributed by atoms with E-state index < -0.39 is 0 Å². The van der Waals surface area contributed by atoms with E-state index in [1.807, 2.05) is 25.1 Å². The van der Waals surface area contributed by atoms with Crippen LogP contribution < -0.4 is 5.73 Å². The Morgan fingerprint density at radius 1 is 0.889 bits per heavy atom. The SMILES string of the molecule is Cc1ccc(C)c(C(N)c2ccc(Cl)cc2C)c1. The van der Waals surface area contributed by atoms with Crippen LogP contribution in [-0.4, -0.2) is 0 Å². The second kappa shape index (κ2) is 5.13. The van der Waals surface area contributed by atoms with E-state index in [4.69, 9.17) is 17.3 Å². The third-order valence-electron chi connectivity index (χ3n) is 3.34. The topological polar surface area (TPSA) is 26.0 Å². The van der Waals surface area contributed by atoms with Crippen LogP contribution in [0.4, 0.5) is 0 Å². The molecule has 0 saturated heterocycles. The average Bonchev–Trinajstić information content (AvgIpc) is 2.31. The highest BCUT2D eigenvalue weighted by atomic mass is 35.5. The van der Waals surface area contributed by atoms with Crippen LogP contribution in [0.2, 0.25) is 5.02 Å². The third-order valence-corrected chi connectivity index (χ3v) is 3.57. The van der Waals surface area contributed by atoms with Gasteiger partial charge in [0.2, 0.25) is 0 Å². The van der Waals surface area contributed by atoms with Gasteiger partial charge in [0.15, 0.2) is 0 Å². The molecule has 0 aliphatic heterocycles. The maximum atomic E-state index is 6.39. The van der Waals surface area contributed by atoms with E-state index in [0.717, 1.165) is 16.1 Å². The summed E-state index contributed by atoms with van der Waals surface area (Å²) in [6.07, 6.45) is 0. The van der Waals surface area contributed by atoms with Gasteiger partial charge < -0.3 is 5.73 Å². The Bertz CT molecular complexity index is 575. The fourth-order valence-corrected chi connectivity index (χ4v) is 2.48. The Morgan fingerprint density at radius 3 is 2.28 bits per heavy atom. The van der Waals surface area contributed by atoms with E-state index >= 15 is 0 Å². The Labute approximate surface area is 114 Å². The number of aryl methyl sites for hydroxylation is 3. The number of hydrogen-bond acceptors (Lipinski definition) is 1. The highest BCUT2D eigenvalue weighted by Crippen LogP contribution is 2.27. The lowest BCUT2D eigenvalue weighted by Gasteiger charge is -2.18. The van der Waals surface area contributed by atoms with Crippen LogP contribution in [0.3, 0.4) is 0 Å². The predicted octanol–water partition coefficient (Wildman–Crippen LogP) is 4.31. The smallest absolute Gasteiger partial charge is 0.0556 e. The van der Waals surface area contributed by atoms with Crippen LogP contribution in [-0.2, 0) is 0 Å². The van der Waals surface area contributed by atoms with Crippen LogP contribution in [0.1, 0.15) is 33.9 Å². The highest BCUT2D eigenvalue weighted by molar-refractivity contribution is 6.30. The zero-order chi connectivity index (χ0) is 13.3. The Hall–Kier alpha value is -1.31. The van der Waals surface area contributed by atoms with Gasteiger partial charge in [-0.2, -0.15) is 0 Å². The summed E-state index contributed by atoms with van der Waals surface area (Å²) in [5.41, 5.74) is 12.3. The molecule has 2 aromatic carbocycles. The summed E-state index contributed by atoms with van der Waals surface area (Å²) < 4.78 is 0. The monoisotopic (exact) mass is 259 g/mol. The molecule has 2 aromatic rings. The minimum absolute atomic E-state index is 0.0952. The molecule has 1 unspecified atom stereocenters. The number of benzene rings is 2. The lowest BCUT2D eigenvalue weighted by atomic mass is 9.92. The molecule has 1 atom stereocenters. The molecule has 0 fully saturated rings. The second-order valence-corrected chi connectivity index (χ2v) is 5.28. The number of rotatable bonds is 2. The van der Waals surface area contributed by atoms with E-state index in [1.165, 1.54) is 16.7 Å². The molecule has 0 spiro atoms. The summed E-state index contributed by atoms with van der Waals surface area (Å²) in [6, 6.07) is 12.2. The first-order valence-electron chi connectivity index (χ1n) is 6.08. The Balaban J connectivity index is 2.47. The van der Waals surface area contributed by atoms with Gasteiger partial charge in [-0.05, 0) is 55.2 Å². The largest absolute Gasteiger partial charge is 0.320 e. The molecule has 2 N–H and O–H groups in total. The van der Waals surface area contributed by atoms with E-state index in [0.29, 0.717) is 0 Å². The van der Waals surface area contributed by atoms with E-state index in [1.54, 1.807) is 0 Å². The van der Waals surface area contributed by atoms with Gasteiger partial charge in [0.05, 0.1) is 6.04 Å². The van der Waals surface area contributed by atoms with E-state index in [-0.39, 0.29) is 6.04 Å². The van der Waals surface area contributed by atoms with Crippen LogP contribution >= 0.6 is 11.6 Å². The van der Waals surface area contributed by atoms with Crippen molar-refractivity contribution in [3.63, 3.8) is 0 Å². The summed E-state index contributed by atoms with van der Waals surface area (Å²) in [4.78, 5) is 0. The Morgan fingerprint density at radius 2 is 1.61 bits per heavy atom. The summed E-state index contributed by atoms with van der Waals surface area (Å²) in [5.74, 6) is 0. The molecule has 0 aliphatic rings. The molecule has 0 amide bonds.